The first-order chi connectivity index (χ1) is 12.5. The normalized spacial score (nSPS) is 11.5. The smallest absolute Gasteiger partial charge is 0.282 e. The van der Waals surface area contributed by atoms with Gasteiger partial charge in [0.2, 0.25) is 0 Å². The van der Waals surface area contributed by atoms with E-state index in [0.717, 1.165) is 15.9 Å². The molecule has 6 heteroatoms. The molecule has 0 aliphatic heterocycles. The molecule has 1 N–H and O–H groups in total. The number of benzene rings is 2. The van der Waals surface area contributed by atoms with Crippen LogP contribution in [-0.2, 0) is 11.3 Å². The van der Waals surface area contributed by atoms with Crippen LogP contribution in [-0.4, -0.2) is 33.2 Å². The van der Waals surface area contributed by atoms with Crippen molar-refractivity contribution in [2.45, 2.75) is 13.0 Å². The van der Waals surface area contributed by atoms with E-state index in [1.54, 1.807) is 12.0 Å². The second-order valence-corrected chi connectivity index (χ2v) is 6.98. The first-order valence-corrected chi connectivity index (χ1v) is 9.20. The number of likely N-dealkylation sites (N-methyl/N-ethyl adjacent to an activating group) is 1. The lowest BCUT2D eigenvalue weighted by Gasteiger charge is -2.25. The monoisotopic (exact) mass is 416 g/mol. The minimum absolute atomic E-state index is 0.0284. The number of nitrogens with one attached hydrogen (secondary N) is 1. The van der Waals surface area contributed by atoms with Crippen molar-refractivity contribution in [2.75, 3.05) is 32.1 Å². The maximum atomic E-state index is 12.9. The summed E-state index contributed by atoms with van der Waals surface area (Å²) in [5.74, 6) is 0.601. The lowest BCUT2D eigenvalue weighted by atomic mass is 10.2. The Morgan fingerprint density at radius 1 is 1.23 bits per heavy atom. The number of carbonyl (C=O) groups is 1. The molecule has 0 heterocycles. The third kappa shape index (κ3) is 5.58. The van der Waals surface area contributed by atoms with Gasteiger partial charge < -0.3 is 14.5 Å². The molecule has 1 amide bonds. The number of anilines is 1. The molecule has 0 aromatic heterocycles. The fourth-order valence-electron chi connectivity index (χ4n) is 2.76. The summed E-state index contributed by atoms with van der Waals surface area (Å²) in [5, 5.41) is 8.94. The molecule has 0 spiro atoms. The van der Waals surface area contributed by atoms with Gasteiger partial charge >= 0.3 is 0 Å². The van der Waals surface area contributed by atoms with E-state index in [-0.39, 0.29) is 12.3 Å². The fourth-order valence-corrected chi connectivity index (χ4v) is 3.03. The Hall–Kier alpha value is -2.36. The van der Waals surface area contributed by atoms with Crippen LogP contribution >= 0.6 is 15.9 Å². The molecule has 1 unspecified atom stereocenters. The van der Waals surface area contributed by atoms with Gasteiger partial charge in [0.05, 0.1) is 32.3 Å². The van der Waals surface area contributed by atoms with E-state index in [4.69, 9.17) is 10.00 Å². The van der Waals surface area contributed by atoms with Crippen LogP contribution in [0.4, 0.5) is 5.69 Å². The summed E-state index contributed by atoms with van der Waals surface area (Å²) in [5.41, 5.74) is 1.87. The first-order valence-electron chi connectivity index (χ1n) is 8.41. The SMILES string of the molecule is COc1ccccc1N(CCC#N)C(=O)C[NH+](C)Cc1ccc(Br)cc1. The van der Waals surface area contributed by atoms with E-state index < -0.39 is 0 Å². The number of para-hydroxylation sites is 2. The average molecular weight is 417 g/mol. The number of quaternary nitrogens is 1. The van der Waals surface area contributed by atoms with Gasteiger partial charge in [0.25, 0.3) is 5.91 Å². The van der Waals surface area contributed by atoms with Gasteiger partial charge in [0.15, 0.2) is 6.54 Å². The number of nitriles is 1. The minimum Gasteiger partial charge on any atom is -0.495 e. The molecule has 0 aliphatic rings. The highest BCUT2D eigenvalue weighted by molar-refractivity contribution is 9.10. The van der Waals surface area contributed by atoms with Crippen molar-refractivity contribution in [3.8, 4) is 11.8 Å². The van der Waals surface area contributed by atoms with E-state index in [0.29, 0.717) is 24.5 Å². The number of hydrogen-bond donors (Lipinski definition) is 1. The molecule has 2 rings (SSSR count). The highest BCUT2D eigenvalue weighted by Gasteiger charge is 2.22. The number of hydrogen-bond acceptors (Lipinski definition) is 3. The zero-order valence-corrected chi connectivity index (χ0v) is 16.6. The molecule has 0 bridgehead atoms. The molecule has 136 valence electrons. The molecule has 0 aliphatic carbocycles. The van der Waals surface area contributed by atoms with E-state index in [1.165, 1.54) is 5.56 Å². The van der Waals surface area contributed by atoms with Crippen molar-refractivity contribution < 1.29 is 14.4 Å². The lowest BCUT2D eigenvalue weighted by Crippen LogP contribution is -3.09. The third-order valence-corrected chi connectivity index (χ3v) is 4.53. The highest BCUT2D eigenvalue weighted by Crippen LogP contribution is 2.27. The van der Waals surface area contributed by atoms with Crippen LogP contribution in [0.15, 0.2) is 53.0 Å². The van der Waals surface area contributed by atoms with E-state index in [1.807, 2.05) is 55.6 Å². The number of rotatable bonds is 8. The molecule has 1 atom stereocenters. The Kier molecular flexibility index (Phi) is 7.64. The zero-order chi connectivity index (χ0) is 18.9. The minimum atomic E-state index is -0.0284. The highest BCUT2D eigenvalue weighted by atomic mass is 79.9. The zero-order valence-electron chi connectivity index (χ0n) is 15.0. The van der Waals surface area contributed by atoms with E-state index in [2.05, 4.69) is 22.0 Å². The van der Waals surface area contributed by atoms with Gasteiger partial charge in [-0.15, -0.1) is 0 Å². The number of amides is 1. The number of nitrogens with zero attached hydrogens (tertiary/aromatic N) is 2. The van der Waals surface area contributed by atoms with Gasteiger partial charge in [-0.3, -0.25) is 4.79 Å². The van der Waals surface area contributed by atoms with Crippen LogP contribution in [0.2, 0.25) is 0 Å². The quantitative estimate of drug-likeness (QED) is 0.718. The molecular weight excluding hydrogens is 394 g/mol. The predicted octanol–water partition coefficient (Wildman–Crippen LogP) is 2.42. The van der Waals surface area contributed by atoms with Crippen LogP contribution < -0.4 is 14.5 Å². The van der Waals surface area contributed by atoms with Gasteiger partial charge in [0.1, 0.15) is 12.3 Å². The van der Waals surface area contributed by atoms with Gasteiger partial charge in [-0.2, -0.15) is 5.26 Å². The number of ether oxygens (including phenoxy) is 1. The Balaban J connectivity index is 2.10. The van der Waals surface area contributed by atoms with Gasteiger partial charge in [-0.1, -0.05) is 40.2 Å². The standard InChI is InChI=1S/C20H22BrN3O2/c1-23(14-16-8-10-17(21)11-9-16)15-20(25)24(13-5-12-22)18-6-3-4-7-19(18)26-2/h3-4,6-11H,5,13-15H2,1-2H3/p+1. The van der Waals surface area contributed by atoms with Crippen molar-refractivity contribution in [1.82, 2.24) is 0 Å². The Morgan fingerprint density at radius 3 is 2.58 bits per heavy atom. The molecule has 2 aromatic rings. The second kappa shape index (κ2) is 9.95. The maximum absolute atomic E-state index is 12.9. The molecule has 0 fully saturated rings. The van der Waals surface area contributed by atoms with Crippen molar-refractivity contribution in [1.29, 1.82) is 5.26 Å². The van der Waals surface area contributed by atoms with Crippen molar-refractivity contribution >= 4 is 27.5 Å². The Labute approximate surface area is 162 Å². The average Bonchev–Trinajstić information content (AvgIpc) is 2.64. The second-order valence-electron chi connectivity index (χ2n) is 6.06. The van der Waals surface area contributed by atoms with Crippen LogP contribution in [0.5, 0.6) is 5.75 Å². The molecule has 2 aromatic carbocycles. The summed E-state index contributed by atoms with van der Waals surface area (Å²) >= 11 is 3.43. The third-order valence-electron chi connectivity index (χ3n) is 4.00. The maximum Gasteiger partial charge on any atom is 0.282 e. The summed E-state index contributed by atoms with van der Waals surface area (Å²) in [6.45, 7) is 1.43. The predicted molar refractivity (Wildman–Crippen MR) is 105 cm³/mol. The van der Waals surface area contributed by atoms with Crippen molar-refractivity contribution in [3.05, 3.63) is 58.6 Å². The van der Waals surface area contributed by atoms with Gasteiger partial charge in [-0.25, -0.2) is 0 Å². The summed E-state index contributed by atoms with van der Waals surface area (Å²) < 4.78 is 6.42. The van der Waals surface area contributed by atoms with Crippen LogP contribution in [0.25, 0.3) is 0 Å². The topological polar surface area (TPSA) is 57.8 Å². The van der Waals surface area contributed by atoms with Gasteiger partial charge in [0, 0.05) is 16.6 Å². The van der Waals surface area contributed by atoms with Gasteiger partial charge in [-0.05, 0) is 24.3 Å². The summed E-state index contributed by atoms with van der Waals surface area (Å²) in [6.07, 6.45) is 0.273. The van der Waals surface area contributed by atoms with Crippen molar-refractivity contribution in [3.63, 3.8) is 0 Å². The first kappa shape index (κ1) is 20.0. The number of methoxy groups -OCH3 is 1. The molecule has 26 heavy (non-hydrogen) atoms. The summed E-state index contributed by atoms with van der Waals surface area (Å²) in [4.78, 5) is 15.6. The molecule has 0 saturated carbocycles. The van der Waals surface area contributed by atoms with Crippen LogP contribution in [0.3, 0.4) is 0 Å². The summed E-state index contributed by atoms with van der Waals surface area (Å²) in [7, 11) is 3.57. The Morgan fingerprint density at radius 2 is 1.92 bits per heavy atom. The molecular formula is C20H23BrN3O2+. The largest absolute Gasteiger partial charge is 0.495 e. The van der Waals surface area contributed by atoms with Crippen LogP contribution in [0, 0.1) is 11.3 Å². The molecule has 5 nitrogen and oxygen atoms in total. The number of halogens is 1. The van der Waals surface area contributed by atoms with E-state index in [9.17, 15) is 4.79 Å². The molecule has 0 radical (unpaired) electrons. The number of carbonyl (C=O) groups excluding carboxylic acids is 1. The summed E-state index contributed by atoms with van der Waals surface area (Å²) in [6, 6.07) is 17.6. The van der Waals surface area contributed by atoms with Crippen LogP contribution in [0.1, 0.15) is 12.0 Å². The lowest BCUT2D eigenvalue weighted by molar-refractivity contribution is -0.885. The Bertz CT molecular complexity index is 771. The molecule has 0 saturated heterocycles. The van der Waals surface area contributed by atoms with Crippen molar-refractivity contribution in [2.24, 2.45) is 0 Å². The fraction of sp³-hybridized carbons (Fsp3) is 0.300. The van der Waals surface area contributed by atoms with E-state index >= 15 is 0 Å².